The molecular formula is C18H28ClN. The molecule has 1 aliphatic carbocycles. The van der Waals surface area contributed by atoms with Crippen LogP contribution in [0.3, 0.4) is 0 Å². The van der Waals surface area contributed by atoms with E-state index in [1.165, 1.54) is 48.9 Å². The fourth-order valence-corrected chi connectivity index (χ4v) is 3.35. The molecule has 0 spiro atoms. The van der Waals surface area contributed by atoms with Gasteiger partial charge in [0.05, 0.1) is 0 Å². The standard InChI is InChI=1S/C18H27N.ClH/c1-4-12-18(13-7-6-8-14-18)19-17-15(3)10-9-11-16(17)5-2;/h4,9-11,19H,1,5-8,12-14H2,2-3H3;1H. The van der Waals surface area contributed by atoms with Crippen LogP contribution in [0.2, 0.25) is 0 Å². The quantitative estimate of drug-likeness (QED) is 0.690. The summed E-state index contributed by atoms with van der Waals surface area (Å²) in [7, 11) is 0. The fraction of sp³-hybridized carbons (Fsp3) is 0.556. The minimum absolute atomic E-state index is 0. The van der Waals surface area contributed by atoms with Crippen LogP contribution in [0.4, 0.5) is 5.69 Å². The molecule has 1 aromatic rings. The van der Waals surface area contributed by atoms with E-state index in [4.69, 9.17) is 0 Å². The summed E-state index contributed by atoms with van der Waals surface area (Å²) in [5, 5.41) is 3.91. The molecule has 2 rings (SSSR count). The first-order chi connectivity index (χ1) is 9.21. The lowest BCUT2D eigenvalue weighted by Crippen LogP contribution is -2.40. The van der Waals surface area contributed by atoms with Gasteiger partial charge >= 0.3 is 0 Å². The zero-order valence-electron chi connectivity index (χ0n) is 12.9. The molecule has 20 heavy (non-hydrogen) atoms. The number of rotatable bonds is 5. The molecule has 2 heteroatoms. The molecule has 1 fully saturated rings. The van der Waals surface area contributed by atoms with Gasteiger partial charge in [-0.15, -0.1) is 19.0 Å². The Labute approximate surface area is 130 Å². The minimum atomic E-state index is 0. The predicted octanol–water partition coefficient (Wildman–Crippen LogP) is 5.67. The second-order valence-corrected chi connectivity index (χ2v) is 5.92. The first-order valence-electron chi connectivity index (χ1n) is 7.68. The van der Waals surface area contributed by atoms with Gasteiger partial charge in [0.25, 0.3) is 0 Å². The van der Waals surface area contributed by atoms with Gasteiger partial charge < -0.3 is 5.32 Å². The molecule has 0 bridgehead atoms. The third kappa shape index (κ3) is 3.79. The van der Waals surface area contributed by atoms with Gasteiger partial charge in [-0.3, -0.25) is 0 Å². The number of anilines is 1. The van der Waals surface area contributed by atoms with E-state index in [-0.39, 0.29) is 17.9 Å². The lowest BCUT2D eigenvalue weighted by atomic mass is 9.78. The number of nitrogens with one attached hydrogen (secondary N) is 1. The average molecular weight is 294 g/mol. The first-order valence-corrected chi connectivity index (χ1v) is 7.68. The fourth-order valence-electron chi connectivity index (χ4n) is 3.35. The maximum Gasteiger partial charge on any atom is 0.0408 e. The largest absolute Gasteiger partial charge is 0.379 e. The van der Waals surface area contributed by atoms with E-state index in [0.717, 1.165) is 12.8 Å². The van der Waals surface area contributed by atoms with Gasteiger partial charge in [-0.1, -0.05) is 50.5 Å². The third-order valence-electron chi connectivity index (χ3n) is 4.48. The molecule has 0 heterocycles. The first kappa shape index (κ1) is 17.1. The topological polar surface area (TPSA) is 12.0 Å². The highest BCUT2D eigenvalue weighted by Crippen LogP contribution is 2.36. The van der Waals surface area contributed by atoms with Crippen LogP contribution in [0, 0.1) is 6.92 Å². The number of hydrogen-bond acceptors (Lipinski definition) is 1. The van der Waals surface area contributed by atoms with Gasteiger partial charge in [-0.05, 0) is 43.7 Å². The van der Waals surface area contributed by atoms with Crippen LogP contribution < -0.4 is 5.32 Å². The summed E-state index contributed by atoms with van der Waals surface area (Å²) in [5.74, 6) is 0. The zero-order valence-corrected chi connectivity index (χ0v) is 13.7. The van der Waals surface area contributed by atoms with Crippen LogP contribution in [0.15, 0.2) is 30.9 Å². The number of aryl methyl sites for hydroxylation is 2. The van der Waals surface area contributed by atoms with Crippen LogP contribution in [0.1, 0.15) is 56.6 Å². The van der Waals surface area contributed by atoms with Gasteiger partial charge in [0, 0.05) is 11.2 Å². The monoisotopic (exact) mass is 293 g/mol. The average Bonchev–Trinajstić information content (AvgIpc) is 2.42. The normalized spacial score (nSPS) is 17.1. The van der Waals surface area contributed by atoms with Crippen LogP contribution in [-0.2, 0) is 6.42 Å². The summed E-state index contributed by atoms with van der Waals surface area (Å²) in [6, 6.07) is 6.63. The summed E-state index contributed by atoms with van der Waals surface area (Å²) in [6.45, 7) is 8.42. The molecule has 1 aromatic carbocycles. The molecule has 1 aliphatic rings. The minimum Gasteiger partial charge on any atom is -0.379 e. The van der Waals surface area contributed by atoms with Gasteiger partial charge in [0.2, 0.25) is 0 Å². The molecule has 0 aromatic heterocycles. The maximum atomic E-state index is 3.97. The third-order valence-corrected chi connectivity index (χ3v) is 4.48. The molecule has 1 saturated carbocycles. The summed E-state index contributed by atoms with van der Waals surface area (Å²) in [6.07, 6.45) is 10.9. The Bertz CT molecular complexity index is 433. The zero-order chi connectivity index (χ0) is 13.7. The van der Waals surface area contributed by atoms with Crippen molar-refractivity contribution in [2.24, 2.45) is 0 Å². The summed E-state index contributed by atoms with van der Waals surface area (Å²) in [4.78, 5) is 0. The van der Waals surface area contributed by atoms with E-state index < -0.39 is 0 Å². The Morgan fingerprint density at radius 2 is 1.95 bits per heavy atom. The molecule has 1 N–H and O–H groups in total. The van der Waals surface area contributed by atoms with Crippen molar-refractivity contribution in [2.75, 3.05) is 5.32 Å². The molecule has 0 unspecified atom stereocenters. The van der Waals surface area contributed by atoms with Crippen LogP contribution >= 0.6 is 12.4 Å². The van der Waals surface area contributed by atoms with Crippen molar-refractivity contribution >= 4 is 18.1 Å². The molecule has 0 amide bonds. The van der Waals surface area contributed by atoms with Crippen molar-refractivity contribution < 1.29 is 0 Å². The van der Waals surface area contributed by atoms with Crippen molar-refractivity contribution in [3.8, 4) is 0 Å². The lowest BCUT2D eigenvalue weighted by Gasteiger charge is -2.39. The Morgan fingerprint density at radius 1 is 1.25 bits per heavy atom. The van der Waals surface area contributed by atoms with Crippen molar-refractivity contribution in [3.05, 3.63) is 42.0 Å². The molecule has 1 nitrogen and oxygen atoms in total. The van der Waals surface area contributed by atoms with Crippen molar-refractivity contribution in [2.45, 2.75) is 64.3 Å². The highest BCUT2D eigenvalue weighted by molar-refractivity contribution is 5.85. The number of benzene rings is 1. The molecule has 0 aliphatic heterocycles. The number of halogens is 1. The van der Waals surface area contributed by atoms with Crippen LogP contribution in [-0.4, -0.2) is 5.54 Å². The predicted molar refractivity (Wildman–Crippen MR) is 92.1 cm³/mol. The molecule has 112 valence electrons. The number of hydrogen-bond donors (Lipinski definition) is 1. The molecule has 0 atom stereocenters. The second kappa shape index (κ2) is 7.73. The Balaban J connectivity index is 0.00000200. The lowest BCUT2D eigenvalue weighted by molar-refractivity contribution is 0.325. The summed E-state index contributed by atoms with van der Waals surface area (Å²) in [5.41, 5.74) is 4.42. The molecule has 0 saturated heterocycles. The van der Waals surface area contributed by atoms with Crippen LogP contribution in [0.5, 0.6) is 0 Å². The Hall–Kier alpha value is -0.950. The van der Waals surface area contributed by atoms with Crippen LogP contribution in [0.25, 0.3) is 0 Å². The SMILES string of the molecule is C=CCC1(Nc2c(C)cccc2CC)CCCCC1.Cl. The Morgan fingerprint density at radius 3 is 2.55 bits per heavy atom. The molecule has 0 radical (unpaired) electrons. The molecular weight excluding hydrogens is 266 g/mol. The second-order valence-electron chi connectivity index (χ2n) is 5.92. The Kier molecular flexibility index (Phi) is 6.61. The smallest absolute Gasteiger partial charge is 0.0408 e. The van der Waals surface area contributed by atoms with Gasteiger partial charge in [0.15, 0.2) is 0 Å². The van der Waals surface area contributed by atoms with E-state index >= 15 is 0 Å². The van der Waals surface area contributed by atoms with Crippen molar-refractivity contribution in [1.29, 1.82) is 0 Å². The van der Waals surface area contributed by atoms with Crippen molar-refractivity contribution in [1.82, 2.24) is 0 Å². The summed E-state index contributed by atoms with van der Waals surface area (Å²) >= 11 is 0. The van der Waals surface area contributed by atoms with E-state index in [0.29, 0.717) is 0 Å². The van der Waals surface area contributed by atoms with E-state index in [1.54, 1.807) is 0 Å². The van der Waals surface area contributed by atoms with E-state index in [1.807, 2.05) is 0 Å². The van der Waals surface area contributed by atoms with Gasteiger partial charge in [-0.2, -0.15) is 0 Å². The van der Waals surface area contributed by atoms with Gasteiger partial charge in [0.1, 0.15) is 0 Å². The number of para-hydroxylation sites is 1. The van der Waals surface area contributed by atoms with Crippen molar-refractivity contribution in [3.63, 3.8) is 0 Å². The highest BCUT2D eigenvalue weighted by Gasteiger charge is 2.31. The summed E-state index contributed by atoms with van der Waals surface area (Å²) < 4.78 is 0. The van der Waals surface area contributed by atoms with E-state index in [2.05, 4.69) is 50.0 Å². The van der Waals surface area contributed by atoms with E-state index in [9.17, 15) is 0 Å². The maximum absolute atomic E-state index is 3.97. The highest BCUT2D eigenvalue weighted by atomic mass is 35.5. The van der Waals surface area contributed by atoms with Gasteiger partial charge in [-0.25, -0.2) is 0 Å².